The molecule has 0 aliphatic carbocycles. The van der Waals surface area contributed by atoms with Crippen LogP contribution in [-0.4, -0.2) is 27.5 Å². The first-order valence-corrected chi connectivity index (χ1v) is 9.51. The van der Waals surface area contributed by atoms with Crippen LogP contribution >= 0.6 is 0 Å². The molecule has 0 bridgehead atoms. The lowest BCUT2D eigenvalue weighted by molar-refractivity contribution is 0.161. The van der Waals surface area contributed by atoms with Gasteiger partial charge in [-0.3, -0.25) is 4.90 Å². The van der Waals surface area contributed by atoms with Crippen molar-refractivity contribution in [1.82, 2.24) is 14.5 Å². The smallest absolute Gasteiger partial charge is 0.123 e. The van der Waals surface area contributed by atoms with Gasteiger partial charge < -0.3 is 4.57 Å². The molecule has 4 heteroatoms. The standard InChI is InChI=1S/C21H30FN3/c1-16(2)12-18-8-10-24(11-9-18)14-21-13-23-15-25(21)17(3)19-4-6-20(22)7-5-19/h4-7,13,15-18H,8-12,14H2,1-3H3/t17-/m1/s1. The van der Waals surface area contributed by atoms with E-state index < -0.39 is 0 Å². The van der Waals surface area contributed by atoms with E-state index in [9.17, 15) is 4.39 Å². The second-order valence-electron chi connectivity index (χ2n) is 7.87. The Labute approximate surface area is 150 Å². The van der Waals surface area contributed by atoms with Gasteiger partial charge >= 0.3 is 0 Å². The first kappa shape index (κ1) is 18.1. The fraction of sp³-hybridized carbons (Fsp3) is 0.571. The molecule has 3 rings (SSSR count). The average Bonchev–Trinajstić information content (AvgIpc) is 3.04. The largest absolute Gasteiger partial charge is 0.326 e. The third-order valence-electron chi connectivity index (χ3n) is 5.41. The van der Waals surface area contributed by atoms with Gasteiger partial charge in [0.25, 0.3) is 0 Å². The van der Waals surface area contributed by atoms with Gasteiger partial charge in [0.05, 0.1) is 18.1 Å². The zero-order valence-corrected chi connectivity index (χ0v) is 15.7. The first-order valence-electron chi connectivity index (χ1n) is 9.51. The highest BCUT2D eigenvalue weighted by atomic mass is 19.1. The molecule has 0 amide bonds. The molecule has 1 fully saturated rings. The summed E-state index contributed by atoms with van der Waals surface area (Å²) in [7, 11) is 0. The third-order valence-corrected chi connectivity index (χ3v) is 5.41. The number of likely N-dealkylation sites (tertiary alicyclic amines) is 1. The molecular formula is C21H30FN3. The normalized spacial score (nSPS) is 18.0. The Kier molecular flexibility index (Phi) is 5.89. The Hall–Kier alpha value is -1.68. The molecule has 25 heavy (non-hydrogen) atoms. The van der Waals surface area contributed by atoms with Crippen LogP contribution in [0.15, 0.2) is 36.8 Å². The number of hydrogen-bond donors (Lipinski definition) is 0. The molecule has 3 nitrogen and oxygen atoms in total. The van der Waals surface area contributed by atoms with Gasteiger partial charge in [-0.2, -0.15) is 0 Å². The Morgan fingerprint density at radius 3 is 2.44 bits per heavy atom. The minimum absolute atomic E-state index is 0.164. The van der Waals surface area contributed by atoms with Gasteiger partial charge in [-0.05, 0) is 68.8 Å². The summed E-state index contributed by atoms with van der Waals surface area (Å²) >= 11 is 0. The van der Waals surface area contributed by atoms with Gasteiger partial charge in [0.2, 0.25) is 0 Å². The summed E-state index contributed by atoms with van der Waals surface area (Å²) < 4.78 is 15.4. The fourth-order valence-corrected chi connectivity index (χ4v) is 3.98. The lowest BCUT2D eigenvalue weighted by Crippen LogP contribution is -2.34. The van der Waals surface area contributed by atoms with E-state index in [0.29, 0.717) is 0 Å². The minimum Gasteiger partial charge on any atom is -0.326 e. The Bertz CT molecular complexity index is 654. The molecule has 1 aliphatic rings. The molecule has 1 aromatic carbocycles. The van der Waals surface area contributed by atoms with Crippen molar-refractivity contribution in [3.8, 4) is 0 Å². The molecule has 1 atom stereocenters. The monoisotopic (exact) mass is 343 g/mol. The van der Waals surface area contributed by atoms with Crippen molar-refractivity contribution in [3.63, 3.8) is 0 Å². The van der Waals surface area contributed by atoms with E-state index in [-0.39, 0.29) is 11.9 Å². The van der Waals surface area contributed by atoms with Gasteiger partial charge in [0, 0.05) is 12.7 Å². The van der Waals surface area contributed by atoms with Crippen LogP contribution in [0.3, 0.4) is 0 Å². The van der Waals surface area contributed by atoms with Crippen molar-refractivity contribution in [2.75, 3.05) is 13.1 Å². The van der Waals surface area contributed by atoms with Gasteiger partial charge in [0.15, 0.2) is 0 Å². The number of benzene rings is 1. The lowest BCUT2D eigenvalue weighted by atomic mass is 9.88. The van der Waals surface area contributed by atoms with Crippen LogP contribution in [0.5, 0.6) is 0 Å². The van der Waals surface area contributed by atoms with Crippen molar-refractivity contribution < 1.29 is 4.39 Å². The summed E-state index contributed by atoms with van der Waals surface area (Å²) in [6, 6.07) is 6.95. The van der Waals surface area contributed by atoms with E-state index in [1.54, 1.807) is 0 Å². The molecule has 0 saturated carbocycles. The topological polar surface area (TPSA) is 21.1 Å². The van der Waals surface area contributed by atoms with Gasteiger partial charge in [0.1, 0.15) is 5.82 Å². The van der Waals surface area contributed by atoms with Crippen LogP contribution in [0.4, 0.5) is 4.39 Å². The van der Waals surface area contributed by atoms with E-state index in [1.165, 1.54) is 50.2 Å². The molecule has 136 valence electrons. The summed E-state index contributed by atoms with van der Waals surface area (Å²) in [4.78, 5) is 6.91. The Morgan fingerprint density at radius 1 is 1.12 bits per heavy atom. The van der Waals surface area contributed by atoms with Crippen LogP contribution in [-0.2, 0) is 6.54 Å². The third kappa shape index (κ3) is 4.69. The van der Waals surface area contributed by atoms with Crippen LogP contribution in [0.25, 0.3) is 0 Å². The zero-order chi connectivity index (χ0) is 17.8. The van der Waals surface area contributed by atoms with Crippen LogP contribution in [0.1, 0.15) is 57.3 Å². The maximum atomic E-state index is 13.2. The quantitative estimate of drug-likeness (QED) is 0.744. The molecule has 0 N–H and O–H groups in total. The number of hydrogen-bond acceptors (Lipinski definition) is 2. The second-order valence-corrected chi connectivity index (χ2v) is 7.87. The number of piperidine rings is 1. The SMILES string of the molecule is CC(C)CC1CCN(Cc2cncn2[C@H](C)c2ccc(F)cc2)CC1. The highest BCUT2D eigenvalue weighted by Crippen LogP contribution is 2.26. The molecular weight excluding hydrogens is 313 g/mol. The van der Waals surface area contributed by atoms with E-state index >= 15 is 0 Å². The molecule has 2 heterocycles. The molecule has 1 saturated heterocycles. The van der Waals surface area contributed by atoms with Crippen LogP contribution in [0, 0.1) is 17.7 Å². The van der Waals surface area contributed by atoms with Gasteiger partial charge in [-0.1, -0.05) is 26.0 Å². The van der Waals surface area contributed by atoms with Crippen LogP contribution < -0.4 is 0 Å². The Balaban J connectivity index is 1.62. The first-order chi connectivity index (χ1) is 12.0. The fourth-order valence-electron chi connectivity index (χ4n) is 3.98. The second kappa shape index (κ2) is 8.13. The van der Waals surface area contributed by atoms with Gasteiger partial charge in [-0.15, -0.1) is 0 Å². The van der Waals surface area contributed by atoms with E-state index in [2.05, 4.69) is 35.2 Å². The number of imidazole rings is 1. The maximum Gasteiger partial charge on any atom is 0.123 e. The van der Waals surface area contributed by atoms with Crippen molar-refractivity contribution in [1.29, 1.82) is 0 Å². The predicted octanol–water partition coefficient (Wildman–Crippen LogP) is 4.89. The number of nitrogens with zero attached hydrogens (tertiary/aromatic N) is 3. The zero-order valence-electron chi connectivity index (χ0n) is 15.7. The minimum atomic E-state index is -0.189. The van der Waals surface area contributed by atoms with E-state index in [4.69, 9.17) is 0 Å². The molecule has 0 spiro atoms. The molecule has 1 aliphatic heterocycles. The lowest BCUT2D eigenvalue weighted by Gasteiger charge is -2.33. The molecule has 0 unspecified atom stereocenters. The van der Waals surface area contributed by atoms with Crippen molar-refractivity contribution in [2.45, 2.75) is 52.6 Å². The van der Waals surface area contributed by atoms with Crippen molar-refractivity contribution >= 4 is 0 Å². The van der Waals surface area contributed by atoms with Gasteiger partial charge in [-0.25, -0.2) is 9.37 Å². The summed E-state index contributed by atoms with van der Waals surface area (Å²) in [6.45, 7) is 10.1. The maximum absolute atomic E-state index is 13.2. The Morgan fingerprint density at radius 2 is 1.80 bits per heavy atom. The highest BCUT2D eigenvalue weighted by Gasteiger charge is 2.21. The molecule has 1 aromatic heterocycles. The van der Waals surface area contributed by atoms with Crippen LogP contribution in [0.2, 0.25) is 0 Å². The van der Waals surface area contributed by atoms with E-state index in [0.717, 1.165) is 23.9 Å². The average molecular weight is 343 g/mol. The summed E-state index contributed by atoms with van der Waals surface area (Å²) in [6.07, 6.45) is 7.84. The molecule has 0 radical (unpaired) electrons. The van der Waals surface area contributed by atoms with E-state index in [1.807, 2.05) is 24.7 Å². The predicted molar refractivity (Wildman–Crippen MR) is 99.9 cm³/mol. The van der Waals surface area contributed by atoms with Crippen molar-refractivity contribution in [2.24, 2.45) is 11.8 Å². The van der Waals surface area contributed by atoms with Crippen molar-refractivity contribution in [3.05, 3.63) is 53.9 Å². The summed E-state index contributed by atoms with van der Waals surface area (Å²) in [5.74, 6) is 1.50. The summed E-state index contributed by atoms with van der Waals surface area (Å²) in [5, 5.41) is 0. The number of rotatable bonds is 6. The highest BCUT2D eigenvalue weighted by molar-refractivity contribution is 5.21. The number of aromatic nitrogens is 2. The summed E-state index contributed by atoms with van der Waals surface area (Å²) in [5.41, 5.74) is 2.34. The molecule has 2 aromatic rings. The number of halogens is 1.